The van der Waals surface area contributed by atoms with Gasteiger partial charge in [-0.05, 0) is 44.9 Å². The van der Waals surface area contributed by atoms with Crippen LogP contribution in [0.5, 0.6) is 5.75 Å². The van der Waals surface area contributed by atoms with Crippen molar-refractivity contribution in [1.29, 1.82) is 0 Å². The van der Waals surface area contributed by atoms with Gasteiger partial charge in [-0.1, -0.05) is 18.2 Å². The second-order valence-corrected chi connectivity index (χ2v) is 5.69. The van der Waals surface area contributed by atoms with Gasteiger partial charge in [-0.3, -0.25) is 0 Å². The molecular formula is C15H22NO3P. The first-order valence-corrected chi connectivity index (χ1v) is 6.89. The molecule has 1 amide bonds. The molecule has 0 aliphatic rings. The third-order valence-electron chi connectivity index (χ3n) is 2.50. The van der Waals surface area contributed by atoms with Gasteiger partial charge in [0.15, 0.2) is 0 Å². The van der Waals surface area contributed by atoms with E-state index in [-0.39, 0.29) is 6.04 Å². The molecule has 20 heavy (non-hydrogen) atoms. The van der Waals surface area contributed by atoms with E-state index in [0.29, 0.717) is 6.42 Å². The highest BCUT2D eigenvalue weighted by Crippen LogP contribution is 2.15. The maximum Gasteiger partial charge on any atom is 0.408 e. The van der Waals surface area contributed by atoms with Crippen LogP contribution in [0.4, 0.5) is 4.79 Å². The molecule has 0 saturated heterocycles. The monoisotopic (exact) mass is 295 g/mol. The van der Waals surface area contributed by atoms with Crippen LogP contribution >= 0.6 is 9.47 Å². The number of amides is 1. The highest BCUT2D eigenvalue weighted by Gasteiger charge is 2.18. The molecule has 4 nitrogen and oxygen atoms in total. The zero-order chi connectivity index (χ0) is 15.2. The molecule has 0 bridgehead atoms. The van der Waals surface area contributed by atoms with Crippen molar-refractivity contribution in [3.63, 3.8) is 0 Å². The predicted molar refractivity (Wildman–Crippen MR) is 83.8 cm³/mol. The molecule has 0 saturated carbocycles. The van der Waals surface area contributed by atoms with E-state index in [9.17, 15) is 4.79 Å². The molecule has 1 rings (SSSR count). The molecule has 0 aliphatic heterocycles. The molecule has 1 N–H and O–H groups in total. The standard InChI is InChI=1S/C15H22NO3P/c1-5-12(16-14(17)18-15(2,3)4)10-11-6-8-13(19-20)9-7-11/h5-9,12H,1,10,20H2,2-4H3,(H,16,17). The minimum atomic E-state index is -0.506. The Bertz CT molecular complexity index is 451. The van der Waals surface area contributed by atoms with E-state index in [0.717, 1.165) is 11.3 Å². The van der Waals surface area contributed by atoms with Crippen LogP contribution in [0.2, 0.25) is 0 Å². The molecule has 0 aliphatic carbocycles. The molecule has 1 aromatic carbocycles. The zero-order valence-electron chi connectivity index (χ0n) is 12.2. The van der Waals surface area contributed by atoms with Crippen molar-refractivity contribution in [2.75, 3.05) is 0 Å². The molecule has 2 unspecified atom stereocenters. The maximum absolute atomic E-state index is 11.7. The number of carbonyl (C=O) groups is 1. The summed E-state index contributed by atoms with van der Waals surface area (Å²) < 4.78 is 10.3. The highest BCUT2D eigenvalue weighted by molar-refractivity contribution is 7.10. The Morgan fingerprint density at radius 2 is 2.00 bits per heavy atom. The van der Waals surface area contributed by atoms with Crippen LogP contribution in [0, 0.1) is 0 Å². The molecule has 1 aromatic rings. The van der Waals surface area contributed by atoms with Crippen molar-refractivity contribution < 1.29 is 14.1 Å². The van der Waals surface area contributed by atoms with Crippen molar-refractivity contribution >= 4 is 15.6 Å². The summed E-state index contributed by atoms with van der Waals surface area (Å²) in [4.78, 5) is 11.7. The van der Waals surface area contributed by atoms with Gasteiger partial charge in [0, 0.05) is 0 Å². The number of hydrogen-bond donors (Lipinski definition) is 1. The van der Waals surface area contributed by atoms with Gasteiger partial charge in [-0.2, -0.15) is 0 Å². The molecular weight excluding hydrogens is 273 g/mol. The van der Waals surface area contributed by atoms with E-state index in [1.165, 1.54) is 0 Å². The fraction of sp³-hybridized carbons (Fsp3) is 0.400. The van der Waals surface area contributed by atoms with Gasteiger partial charge in [0.05, 0.1) is 15.5 Å². The topological polar surface area (TPSA) is 47.6 Å². The van der Waals surface area contributed by atoms with Gasteiger partial charge in [0.2, 0.25) is 0 Å². The van der Waals surface area contributed by atoms with Crippen LogP contribution in [0.1, 0.15) is 26.3 Å². The second kappa shape index (κ2) is 7.30. The van der Waals surface area contributed by atoms with Crippen LogP contribution in [-0.4, -0.2) is 17.7 Å². The summed E-state index contributed by atoms with van der Waals surface area (Å²) >= 11 is 0. The molecule has 110 valence electrons. The first-order chi connectivity index (χ1) is 9.34. The summed E-state index contributed by atoms with van der Waals surface area (Å²) in [6, 6.07) is 7.47. The summed E-state index contributed by atoms with van der Waals surface area (Å²) in [6.07, 6.45) is 1.91. The summed E-state index contributed by atoms with van der Waals surface area (Å²) in [5.74, 6) is 0.772. The third kappa shape index (κ3) is 6.07. The average molecular weight is 295 g/mol. The lowest BCUT2D eigenvalue weighted by Gasteiger charge is -2.22. The molecule has 0 heterocycles. The lowest BCUT2D eigenvalue weighted by molar-refractivity contribution is 0.0514. The van der Waals surface area contributed by atoms with Crippen molar-refractivity contribution in [2.45, 2.75) is 38.8 Å². The lowest BCUT2D eigenvalue weighted by Crippen LogP contribution is -2.39. The quantitative estimate of drug-likeness (QED) is 0.668. The largest absolute Gasteiger partial charge is 0.480 e. The van der Waals surface area contributed by atoms with Gasteiger partial charge >= 0.3 is 6.09 Å². The minimum Gasteiger partial charge on any atom is -0.480 e. The Morgan fingerprint density at radius 1 is 1.40 bits per heavy atom. The SMILES string of the molecule is C=CC(Cc1ccc(OP)cc1)NC(=O)OC(C)(C)C. The number of alkyl carbamates (subject to hydrolysis) is 1. The number of carbonyl (C=O) groups excluding carboxylic acids is 1. The number of rotatable bonds is 5. The smallest absolute Gasteiger partial charge is 0.408 e. The van der Waals surface area contributed by atoms with E-state index in [2.05, 4.69) is 21.4 Å². The Labute approximate surface area is 122 Å². The fourth-order valence-corrected chi connectivity index (χ4v) is 1.77. The Balaban J connectivity index is 2.58. The third-order valence-corrected chi connectivity index (χ3v) is 2.77. The molecule has 0 spiro atoms. The van der Waals surface area contributed by atoms with Gasteiger partial charge in [-0.25, -0.2) is 4.79 Å². The number of hydrogen-bond acceptors (Lipinski definition) is 3. The van der Waals surface area contributed by atoms with E-state index < -0.39 is 11.7 Å². The van der Waals surface area contributed by atoms with Gasteiger partial charge < -0.3 is 14.6 Å². The van der Waals surface area contributed by atoms with Gasteiger partial charge in [-0.15, -0.1) is 6.58 Å². The van der Waals surface area contributed by atoms with Crippen LogP contribution in [0.15, 0.2) is 36.9 Å². The van der Waals surface area contributed by atoms with E-state index in [1.807, 2.05) is 45.0 Å². The summed E-state index contributed by atoms with van der Waals surface area (Å²) in [5.41, 5.74) is 0.574. The van der Waals surface area contributed by atoms with Crippen molar-refractivity contribution in [2.24, 2.45) is 0 Å². The summed E-state index contributed by atoms with van der Waals surface area (Å²) in [5, 5.41) is 2.79. The first kappa shape index (κ1) is 16.5. The first-order valence-electron chi connectivity index (χ1n) is 6.42. The van der Waals surface area contributed by atoms with Crippen LogP contribution < -0.4 is 9.84 Å². The number of nitrogens with one attached hydrogen (secondary N) is 1. The zero-order valence-corrected chi connectivity index (χ0v) is 13.3. The highest BCUT2D eigenvalue weighted by atomic mass is 31.0. The number of ether oxygens (including phenoxy) is 1. The molecule has 0 radical (unpaired) electrons. The summed E-state index contributed by atoms with van der Waals surface area (Å²) in [6.45, 7) is 9.23. The predicted octanol–water partition coefficient (Wildman–Crippen LogP) is 3.48. The average Bonchev–Trinajstić information content (AvgIpc) is 2.36. The van der Waals surface area contributed by atoms with Crippen molar-refractivity contribution in [3.05, 3.63) is 42.5 Å². The van der Waals surface area contributed by atoms with Crippen LogP contribution in [-0.2, 0) is 11.2 Å². The fourth-order valence-electron chi connectivity index (χ4n) is 1.61. The molecule has 2 atom stereocenters. The molecule has 0 fully saturated rings. The summed E-state index contributed by atoms with van der Waals surface area (Å²) in [7, 11) is 2.20. The Hall–Kier alpha value is -1.54. The lowest BCUT2D eigenvalue weighted by atomic mass is 10.1. The molecule has 5 heteroatoms. The number of benzene rings is 1. The molecule has 0 aromatic heterocycles. The van der Waals surface area contributed by atoms with E-state index in [1.54, 1.807) is 6.08 Å². The van der Waals surface area contributed by atoms with Gasteiger partial charge in [0.1, 0.15) is 11.4 Å². The normalized spacial score (nSPS) is 12.4. The van der Waals surface area contributed by atoms with Gasteiger partial charge in [0.25, 0.3) is 0 Å². The Kier molecular flexibility index (Phi) is 6.03. The van der Waals surface area contributed by atoms with E-state index >= 15 is 0 Å². The minimum absolute atomic E-state index is 0.174. The second-order valence-electron chi connectivity index (χ2n) is 5.45. The van der Waals surface area contributed by atoms with E-state index in [4.69, 9.17) is 9.26 Å². The van der Waals surface area contributed by atoms with Crippen LogP contribution in [0.25, 0.3) is 0 Å². The Morgan fingerprint density at radius 3 is 2.45 bits per heavy atom. The van der Waals surface area contributed by atoms with Crippen molar-refractivity contribution in [3.8, 4) is 5.75 Å². The maximum atomic E-state index is 11.7. The van der Waals surface area contributed by atoms with Crippen molar-refractivity contribution in [1.82, 2.24) is 5.32 Å². The van der Waals surface area contributed by atoms with Crippen LogP contribution in [0.3, 0.4) is 0 Å².